The maximum absolute atomic E-state index is 11.8. The van der Waals surface area contributed by atoms with Gasteiger partial charge in [-0.2, -0.15) is 0 Å². The molecule has 1 saturated heterocycles. The number of carbonyl (C=O) groups is 2. The highest BCUT2D eigenvalue weighted by atomic mass is 16.3. The van der Waals surface area contributed by atoms with E-state index in [0.29, 0.717) is 12.2 Å². The second-order valence-electron chi connectivity index (χ2n) is 4.05. The maximum Gasteiger partial charge on any atom is 0.229 e. The summed E-state index contributed by atoms with van der Waals surface area (Å²) < 4.78 is 0. The number of rotatable bonds is 3. The predicted octanol–water partition coefficient (Wildman–Crippen LogP) is 0.254. The summed E-state index contributed by atoms with van der Waals surface area (Å²) in [6, 6.07) is 6.95. The number of carbonyl (C=O) groups excluding carboxylic acids is 2. The van der Waals surface area contributed by atoms with Crippen molar-refractivity contribution >= 4 is 17.5 Å². The van der Waals surface area contributed by atoms with Gasteiger partial charge >= 0.3 is 0 Å². The van der Waals surface area contributed by atoms with Crippen LogP contribution in [0.3, 0.4) is 0 Å². The summed E-state index contributed by atoms with van der Waals surface area (Å²) in [6.07, 6.45) is 0.251. The zero-order chi connectivity index (χ0) is 12.3. The molecule has 1 aromatic rings. The van der Waals surface area contributed by atoms with Crippen LogP contribution < -0.4 is 10.6 Å². The zero-order valence-corrected chi connectivity index (χ0v) is 9.27. The molecule has 1 aromatic carbocycles. The van der Waals surface area contributed by atoms with Gasteiger partial charge in [0.25, 0.3) is 0 Å². The van der Waals surface area contributed by atoms with Crippen LogP contribution in [0, 0.1) is 5.92 Å². The van der Waals surface area contributed by atoms with Crippen molar-refractivity contribution in [2.45, 2.75) is 13.0 Å². The fourth-order valence-corrected chi connectivity index (χ4v) is 1.73. The third-order valence-corrected chi connectivity index (χ3v) is 2.75. The average molecular weight is 234 g/mol. The van der Waals surface area contributed by atoms with Crippen molar-refractivity contribution < 1.29 is 14.7 Å². The smallest absolute Gasteiger partial charge is 0.229 e. The third-order valence-electron chi connectivity index (χ3n) is 2.75. The van der Waals surface area contributed by atoms with Crippen LogP contribution >= 0.6 is 0 Å². The predicted molar refractivity (Wildman–Crippen MR) is 62.1 cm³/mol. The number of aliphatic hydroxyl groups is 1. The van der Waals surface area contributed by atoms with Gasteiger partial charge in [0, 0.05) is 18.7 Å². The molecule has 1 aliphatic rings. The Morgan fingerprint density at radius 1 is 1.41 bits per heavy atom. The van der Waals surface area contributed by atoms with Gasteiger partial charge in [0.2, 0.25) is 11.8 Å². The number of nitrogens with one attached hydrogen (secondary N) is 2. The lowest BCUT2D eigenvalue weighted by Crippen LogP contribution is -2.24. The van der Waals surface area contributed by atoms with Gasteiger partial charge in [-0.25, -0.2) is 0 Å². The van der Waals surface area contributed by atoms with E-state index in [4.69, 9.17) is 5.11 Å². The minimum absolute atomic E-state index is 0.0186. The van der Waals surface area contributed by atoms with Crippen LogP contribution in [0.25, 0.3) is 0 Å². The van der Waals surface area contributed by atoms with Gasteiger partial charge in [-0.1, -0.05) is 12.1 Å². The summed E-state index contributed by atoms with van der Waals surface area (Å²) >= 11 is 0. The maximum atomic E-state index is 11.8. The molecule has 1 unspecified atom stereocenters. The molecule has 0 bridgehead atoms. The van der Waals surface area contributed by atoms with Crippen molar-refractivity contribution in [3.8, 4) is 0 Å². The van der Waals surface area contributed by atoms with Crippen LogP contribution in [-0.4, -0.2) is 23.5 Å². The Hall–Kier alpha value is -1.88. The van der Waals surface area contributed by atoms with Gasteiger partial charge < -0.3 is 15.7 Å². The van der Waals surface area contributed by atoms with Crippen molar-refractivity contribution in [2.75, 3.05) is 11.9 Å². The third kappa shape index (κ3) is 2.82. The molecular weight excluding hydrogens is 220 g/mol. The minimum Gasteiger partial charge on any atom is -0.392 e. The second-order valence-corrected chi connectivity index (χ2v) is 4.05. The molecule has 5 nitrogen and oxygen atoms in total. The first-order chi connectivity index (χ1) is 8.19. The summed E-state index contributed by atoms with van der Waals surface area (Å²) in [5.41, 5.74) is 1.47. The lowest BCUT2D eigenvalue weighted by atomic mass is 10.1. The van der Waals surface area contributed by atoms with E-state index in [0.717, 1.165) is 5.56 Å². The fraction of sp³-hybridized carbons (Fsp3) is 0.333. The van der Waals surface area contributed by atoms with Crippen molar-refractivity contribution in [2.24, 2.45) is 5.92 Å². The first-order valence-corrected chi connectivity index (χ1v) is 5.46. The summed E-state index contributed by atoms with van der Waals surface area (Å²) in [6.45, 7) is 0.384. The van der Waals surface area contributed by atoms with Crippen LogP contribution in [0.2, 0.25) is 0 Å². The van der Waals surface area contributed by atoms with E-state index in [2.05, 4.69) is 10.6 Å². The molecule has 1 atom stereocenters. The lowest BCUT2D eigenvalue weighted by molar-refractivity contribution is -0.123. The molecule has 3 N–H and O–H groups in total. The van der Waals surface area contributed by atoms with Crippen LogP contribution in [0.4, 0.5) is 5.69 Å². The molecule has 1 fully saturated rings. The standard InChI is InChI=1S/C12H14N2O3/c15-7-8-1-3-10(4-2-8)14-12(17)9-5-11(16)13-6-9/h1-4,9,15H,5-7H2,(H,13,16)(H,14,17). The van der Waals surface area contributed by atoms with Crippen molar-refractivity contribution in [3.63, 3.8) is 0 Å². The largest absolute Gasteiger partial charge is 0.392 e. The van der Waals surface area contributed by atoms with Gasteiger partial charge in [0.05, 0.1) is 12.5 Å². The molecule has 2 rings (SSSR count). The van der Waals surface area contributed by atoms with Crippen molar-refractivity contribution in [3.05, 3.63) is 29.8 Å². The van der Waals surface area contributed by atoms with Gasteiger partial charge in [-0.3, -0.25) is 9.59 Å². The average Bonchev–Trinajstić information content (AvgIpc) is 2.77. The fourth-order valence-electron chi connectivity index (χ4n) is 1.73. The van der Waals surface area contributed by atoms with E-state index in [9.17, 15) is 9.59 Å². The first kappa shape index (κ1) is 11.6. The van der Waals surface area contributed by atoms with Crippen LogP contribution in [-0.2, 0) is 16.2 Å². The van der Waals surface area contributed by atoms with E-state index in [1.807, 2.05) is 0 Å². The van der Waals surface area contributed by atoms with Gasteiger partial charge in [0.15, 0.2) is 0 Å². The Labute approximate surface area is 98.8 Å². The Balaban J connectivity index is 1.95. The Bertz CT molecular complexity index is 428. The van der Waals surface area contributed by atoms with Crippen LogP contribution in [0.15, 0.2) is 24.3 Å². The molecule has 90 valence electrons. The summed E-state index contributed by atoms with van der Waals surface area (Å²) in [5, 5.41) is 14.2. The van der Waals surface area contributed by atoms with Crippen LogP contribution in [0.5, 0.6) is 0 Å². The number of aliphatic hydroxyl groups excluding tert-OH is 1. The van der Waals surface area contributed by atoms with Crippen molar-refractivity contribution in [1.82, 2.24) is 5.32 Å². The highest BCUT2D eigenvalue weighted by Crippen LogP contribution is 2.14. The lowest BCUT2D eigenvalue weighted by Gasteiger charge is -2.09. The van der Waals surface area contributed by atoms with Crippen molar-refractivity contribution in [1.29, 1.82) is 0 Å². The molecule has 0 saturated carbocycles. The topological polar surface area (TPSA) is 78.4 Å². The molecule has 1 heterocycles. The molecule has 2 amide bonds. The zero-order valence-electron chi connectivity index (χ0n) is 9.27. The molecule has 5 heteroatoms. The molecule has 17 heavy (non-hydrogen) atoms. The van der Waals surface area contributed by atoms with Gasteiger partial charge in [0.1, 0.15) is 0 Å². The van der Waals surface area contributed by atoms with Crippen LogP contribution in [0.1, 0.15) is 12.0 Å². The quantitative estimate of drug-likeness (QED) is 0.701. The number of anilines is 1. The summed E-state index contributed by atoms with van der Waals surface area (Å²) in [4.78, 5) is 22.7. The number of hydrogen-bond donors (Lipinski definition) is 3. The van der Waals surface area contributed by atoms with Gasteiger partial charge in [-0.05, 0) is 17.7 Å². The summed E-state index contributed by atoms with van der Waals surface area (Å²) in [5.74, 6) is -0.527. The van der Waals surface area contributed by atoms with E-state index >= 15 is 0 Å². The Kier molecular flexibility index (Phi) is 3.39. The Morgan fingerprint density at radius 3 is 2.65 bits per heavy atom. The molecule has 0 aromatic heterocycles. The number of amides is 2. The van der Waals surface area contributed by atoms with E-state index in [1.54, 1.807) is 24.3 Å². The van der Waals surface area contributed by atoms with E-state index in [1.165, 1.54) is 0 Å². The van der Waals surface area contributed by atoms with Gasteiger partial charge in [-0.15, -0.1) is 0 Å². The molecule has 1 aliphatic heterocycles. The highest BCUT2D eigenvalue weighted by Gasteiger charge is 2.27. The number of hydrogen-bond acceptors (Lipinski definition) is 3. The monoisotopic (exact) mass is 234 g/mol. The normalized spacial score (nSPS) is 18.9. The first-order valence-electron chi connectivity index (χ1n) is 5.46. The Morgan fingerprint density at radius 2 is 2.12 bits per heavy atom. The highest BCUT2D eigenvalue weighted by molar-refractivity contribution is 5.97. The van der Waals surface area contributed by atoms with E-state index in [-0.39, 0.29) is 30.8 Å². The van der Waals surface area contributed by atoms with E-state index < -0.39 is 0 Å². The summed E-state index contributed by atoms with van der Waals surface area (Å²) in [7, 11) is 0. The second kappa shape index (κ2) is 4.97. The molecule has 0 spiro atoms. The molecule has 0 aliphatic carbocycles. The molecular formula is C12H14N2O3. The SMILES string of the molecule is O=C1CC(C(=O)Nc2ccc(CO)cc2)CN1. The molecule has 0 radical (unpaired) electrons. The number of benzene rings is 1. The minimum atomic E-state index is -0.292.